The van der Waals surface area contributed by atoms with Crippen LogP contribution in [0.25, 0.3) is 0 Å². The van der Waals surface area contributed by atoms with E-state index >= 15 is 0 Å². The maximum atomic E-state index is 6.05. The van der Waals surface area contributed by atoms with Crippen LogP contribution in [0.5, 0.6) is 0 Å². The summed E-state index contributed by atoms with van der Waals surface area (Å²) in [5.41, 5.74) is 2.81. The first-order valence-corrected chi connectivity index (χ1v) is 10.1. The van der Waals surface area contributed by atoms with Gasteiger partial charge < -0.3 is 9.47 Å². The molecule has 4 atom stereocenters. The highest BCUT2D eigenvalue weighted by atomic mass is 16.6. The molecular formula is C22H34O2. The van der Waals surface area contributed by atoms with E-state index in [1.807, 2.05) is 0 Å². The van der Waals surface area contributed by atoms with Gasteiger partial charge in [0.1, 0.15) is 6.10 Å². The molecule has 3 rings (SSSR count). The van der Waals surface area contributed by atoms with Gasteiger partial charge in [-0.2, -0.15) is 0 Å². The van der Waals surface area contributed by atoms with Crippen LogP contribution >= 0.6 is 0 Å². The lowest BCUT2D eigenvalue weighted by Gasteiger charge is -2.32. The van der Waals surface area contributed by atoms with E-state index in [9.17, 15) is 0 Å². The minimum atomic E-state index is 0.116. The van der Waals surface area contributed by atoms with Crippen LogP contribution in [-0.2, 0) is 9.47 Å². The van der Waals surface area contributed by atoms with Crippen molar-refractivity contribution in [3.63, 3.8) is 0 Å². The third kappa shape index (κ3) is 4.40. The molecule has 1 aliphatic heterocycles. The van der Waals surface area contributed by atoms with Crippen molar-refractivity contribution in [1.29, 1.82) is 0 Å². The van der Waals surface area contributed by atoms with E-state index in [0.717, 1.165) is 31.3 Å². The smallest absolute Gasteiger partial charge is 0.106 e. The van der Waals surface area contributed by atoms with Gasteiger partial charge in [0.2, 0.25) is 0 Å². The Labute approximate surface area is 147 Å². The molecule has 0 bridgehead atoms. The Kier molecular flexibility index (Phi) is 6.74. The minimum absolute atomic E-state index is 0.116. The highest BCUT2D eigenvalue weighted by molar-refractivity contribution is 5.28. The van der Waals surface area contributed by atoms with Gasteiger partial charge in [-0.15, -0.1) is 0 Å². The summed E-state index contributed by atoms with van der Waals surface area (Å²) in [5, 5.41) is 0. The quantitative estimate of drug-likeness (QED) is 0.635. The molecular weight excluding hydrogens is 296 g/mol. The van der Waals surface area contributed by atoms with Crippen molar-refractivity contribution in [1.82, 2.24) is 0 Å². The van der Waals surface area contributed by atoms with E-state index in [2.05, 4.69) is 38.1 Å². The van der Waals surface area contributed by atoms with Crippen molar-refractivity contribution in [2.24, 2.45) is 5.92 Å². The van der Waals surface area contributed by atoms with Gasteiger partial charge in [0.15, 0.2) is 0 Å². The van der Waals surface area contributed by atoms with Gasteiger partial charge in [0.25, 0.3) is 0 Å². The SMILES string of the molecule is CCCC1COC(c2ccc(C3CCCCC3CCC)cc2)CO1. The largest absolute Gasteiger partial charge is 0.373 e. The molecule has 2 aliphatic rings. The van der Waals surface area contributed by atoms with E-state index in [1.54, 1.807) is 0 Å². The molecule has 134 valence electrons. The van der Waals surface area contributed by atoms with Crippen molar-refractivity contribution in [3.8, 4) is 0 Å². The van der Waals surface area contributed by atoms with E-state index in [-0.39, 0.29) is 6.10 Å². The first kappa shape index (κ1) is 17.9. The second-order valence-electron chi connectivity index (χ2n) is 7.67. The van der Waals surface area contributed by atoms with Crippen LogP contribution < -0.4 is 0 Å². The monoisotopic (exact) mass is 330 g/mol. The second kappa shape index (κ2) is 9.01. The average molecular weight is 331 g/mol. The van der Waals surface area contributed by atoms with Gasteiger partial charge in [-0.05, 0) is 42.2 Å². The summed E-state index contributed by atoms with van der Waals surface area (Å²) in [4.78, 5) is 0. The summed E-state index contributed by atoms with van der Waals surface area (Å²) in [6.07, 6.45) is 11.0. The lowest BCUT2D eigenvalue weighted by molar-refractivity contribution is -0.137. The Morgan fingerprint density at radius 2 is 1.54 bits per heavy atom. The summed E-state index contributed by atoms with van der Waals surface area (Å²) < 4.78 is 12.0. The maximum absolute atomic E-state index is 6.05. The molecule has 1 saturated heterocycles. The molecule has 1 saturated carbocycles. The van der Waals surface area contributed by atoms with Gasteiger partial charge in [-0.1, -0.05) is 70.2 Å². The van der Waals surface area contributed by atoms with E-state index < -0.39 is 0 Å². The van der Waals surface area contributed by atoms with E-state index in [1.165, 1.54) is 49.7 Å². The summed E-state index contributed by atoms with van der Waals surface area (Å²) in [6.45, 7) is 5.96. The molecule has 4 unspecified atom stereocenters. The van der Waals surface area contributed by atoms with Crippen molar-refractivity contribution >= 4 is 0 Å². The minimum Gasteiger partial charge on any atom is -0.373 e. The number of rotatable bonds is 6. The zero-order valence-electron chi connectivity index (χ0n) is 15.5. The first-order valence-electron chi connectivity index (χ1n) is 10.1. The third-order valence-electron chi connectivity index (χ3n) is 5.88. The van der Waals surface area contributed by atoms with Crippen molar-refractivity contribution in [2.75, 3.05) is 13.2 Å². The van der Waals surface area contributed by atoms with Gasteiger partial charge in [0.05, 0.1) is 19.3 Å². The van der Waals surface area contributed by atoms with Crippen LogP contribution in [0.3, 0.4) is 0 Å². The molecule has 0 aromatic heterocycles. The fraction of sp³-hybridized carbons (Fsp3) is 0.727. The van der Waals surface area contributed by atoms with Crippen LogP contribution in [0.15, 0.2) is 24.3 Å². The Morgan fingerprint density at radius 1 is 0.833 bits per heavy atom. The number of hydrogen-bond acceptors (Lipinski definition) is 2. The van der Waals surface area contributed by atoms with Crippen LogP contribution in [0.2, 0.25) is 0 Å². The van der Waals surface area contributed by atoms with Gasteiger partial charge in [-0.3, -0.25) is 0 Å². The summed E-state index contributed by atoms with van der Waals surface area (Å²) in [5.74, 6) is 1.66. The molecule has 1 aromatic rings. The number of benzene rings is 1. The van der Waals surface area contributed by atoms with Crippen LogP contribution in [0.1, 0.15) is 88.4 Å². The van der Waals surface area contributed by atoms with E-state index in [4.69, 9.17) is 9.47 Å². The fourth-order valence-corrected chi connectivity index (χ4v) is 4.54. The summed E-state index contributed by atoms with van der Waals surface area (Å²) >= 11 is 0. The molecule has 2 nitrogen and oxygen atoms in total. The first-order chi connectivity index (χ1) is 11.8. The maximum Gasteiger partial charge on any atom is 0.106 e. The zero-order valence-corrected chi connectivity index (χ0v) is 15.5. The third-order valence-corrected chi connectivity index (χ3v) is 5.88. The van der Waals surface area contributed by atoms with Crippen molar-refractivity contribution < 1.29 is 9.47 Å². The van der Waals surface area contributed by atoms with Crippen LogP contribution in [0.4, 0.5) is 0 Å². The standard InChI is InChI=1S/C22H34O2/c1-3-7-17-9-5-6-10-21(17)18-11-13-19(14-12-18)22-16-23-20(8-4-2)15-24-22/h11-14,17,20-22H,3-10,15-16H2,1-2H3. The predicted molar refractivity (Wildman–Crippen MR) is 99.4 cm³/mol. The normalized spacial score (nSPS) is 31.1. The van der Waals surface area contributed by atoms with Crippen LogP contribution in [0, 0.1) is 5.92 Å². The number of ether oxygens (including phenoxy) is 2. The molecule has 0 N–H and O–H groups in total. The van der Waals surface area contributed by atoms with Crippen molar-refractivity contribution in [3.05, 3.63) is 35.4 Å². The topological polar surface area (TPSA) is 18.5 Å². The fourth-order valence-electron chi connectivity index (χ4n) is 4.54. The lowest BCUT2D eigenvalue weighted by Crippen LogP contribution is -2.30. The summed E-state index contributed by atoms with van der Waals surface area (Å²) in [6, 6.07) is 9.27. The molecule has 1 heterocycles. The molecule has 0 amide bonds. The lowest BCUT2D eigenvalue weighted by atomic mass is 9.73. The van der Waals surface area contributed by atoms with Gasteiger partial charge >= 0.3 is 0 Å². The molecule has 2 fully saturated rings. The Hall–Kier alpha value is -0.860. The van der Waals surface area contributed by atoms with Gasteiger partial charge in [0, 0.05) is 0 Å². The Bertz CT molecular complexity index is 471. The molecule has 0 spiro atoms. The predicted octanol–water partition coefficient (Wildman–Crippen LogP) is 6.02. The molecule has 1 aliphatic carbocycles. The summed E-state index contributed by atoms with van der Waals surface area (Å²) in [7, 11) is 0. The van der Waals surface area contributed by atoms with Gasteiger partial charge in [-0.25, -0.2) is 0 Å². The number of hydrogen-bond donors (Lipinski definition) is 0. The zero-order chi connectivity index (χ0) is 16.8. The highest BCUT2D eigenvalue weighted by Gasteiger charge is 2.27. The molecule has 2 heteroatoms. The molecule has 0 radical (unpaired) electrons. The van der Waals surface area contributed by atoms with E-state index in [0.29, 0.717) is 12.7 Å². The molecule has 24 heavy (non-hydrogen) atoms. The second-order valence-corrected chi connectivity index (χ2v) is 7.67. The van der Waals surface area contributed by atoms with Crippen LogP contribution in [-0.4, -0.2) is 19.3 Å². The Morgan fingerprint density at radius 3 is 2.21 bits per heavy atom. The average Bonchev–Trinajstić information content (AvgIpc) is 2.64. The van der Waals surface area contributed by atoms with Crippen molar-refractivity contribution in [2.45, 2.75) is 83.3 Å². The Balaban J connectivity index is 1.61. The highest BCUT2D eigenvalue weighted by Crippen LogP contribution is 2.40. The molecule has 1 aromatic carbocycles.